The molecule has 96 valence electrons. The van der Waals surface area contributed by atoms with E-state index in [1.165, 1.54) is 19.2 Å². The largest absolute Gasteiger partial charge is 0.416 e. The van der Waals surface area contributed by atoms with Gasteiger partial charge in [0.15, 0.2) is 0 Å². The first-order valence-electron chi connectivity index (χ1n) is 4.96. The van der Waals surface area contributed by atoms with E-state index in [1.807, 2.05) is 0 Å². The molecule has 0 amide bonds. The van der Waals surface area contributed by atoms with Crippen LogP contribution < -0.4 is 5.32 Å². The molecule has 0 fully saturated rings. The first-order valence-corrected chi connectivity index (χ1v) is 5.49. The summed E-state index contributed by atoms with van der Waals surface area (Å²) in [5, 5.41) is 2.98. The average Bonchev–Trinajstić information content (AvgIpc) is 2.28. The van der Waals surface area contributed by atoms with E-state index < -0.39 is 11.7 Å². The van der Waals surface area contributed by atoms with E-state index in [9.17, 15) is 13.2 Å². The summed E-state index contributed by atoms with van der Waals surface area (Å²) in [5.41, 5.74) is -0.0853. The Bertz CT molecular complexity index is 340. The number of ether oxygens (including phenoxy) is 1. The number of alkyl halides is 4. The van der Waals surface area contributed by atoms with E-state index in [2.05, 4.69) is 5.32 Å². The lowest BCUT2D eigenvalue weighted by Gasteiger charge is -2.16. The van der Waals surface area contributed by atoms with Crippen molar-refractivity contribution in [3.05, 3.63) is 29.8 Å². The van der Waals surface area contributed by atoms with Gasteiger partial charge in [-0.05, 0) is 24.3 Å². The fraction of sp³-hybridized carbons (Fsp3) is 0.455. The molecule has 0 saturated heterocycles. The Morgan fingerprint density at radius 1 is 1.29 bits per heavy atom. The van der Waals surface area contributed by atoms with Gasteiger partial charge in [0, 0.05) is 18.7 Å². The van der Waals surface area contributed by atoms with Crippen molar-refractivity contribution in [3.8, 4) is 0 Å². The lowest BCUT2D eigenvalue weighted by Crippen LogP contribution is -2.26. The quantitative estimate of drug-likeness (QED) is 0.826. The molecule has 17 heavy (non-hydrogen) atoms. The monoisotopic (exact) mass is 267 g/mol. The van der Waals surface area contributed by atoms with Crippen LogP contribution in [0.3, 0.4) is 0 Å². The zero-order valence-electron chi connectivity index (χ0n) is 9.22. The Hall–Kier alpha value is -0.940. The second-order valence-electron chi connectivity index (χ2n) is 3.53. The Morgan fingerprint density at radius 2 is 1.88 bits per heavy atom. The molecule has 6 heteroatoms. The van der Waals surface area contributed by atoms with Crippen LogP contribution in [0.4, 0.5) is 18.9 Å². The van der Waals surface area contributed by atoms with E-state index >= 15 is 0 Å². The number of hydrogen-bond acceptors (Lipinski definition) is 2. The molecule has 1 unspecified atom stereocenters. The SMILES string of the molecule is COCC(CCl)Nc1ccc(C(F)(F)F)cc1. The molecular weight excluding hydrogens is 255 g/mol. The molecule has 0 saturated carbocycles. The van der Waals surface area contributed by atoms with Crippen LogP contribution in [0.15, 0.2) is 24.3 Å². The van der Waals surface area contributed by atoms with Gasteiger partial charge >= 0.3 is 6.18 Å². The molecular formula is C11H13ClF3NO. The number of benzene rings is 1. The van der Waals surface area contributed by atoms with E-state index in [1.54, 1.807) is 0 Å². The zero-order chi connectivity index (χ0) is 12.9. The Labute approximate surface area is 103 Å². The second kappa shape index (κ2) is 6.12. The third kappa shape index (κ3) is 4.44. The molecule has 1 atom stereocenters. The summed E-state index contributed by atoms with van der Waals surface area (Å²) in [6, 6.07) is 4.68. The van der Waals surface area contributed by atoms with Crippen LogP contribution in [0.1, 0.15) is 5.56 Å². The highest BCUT2D eigenvalue weighted by Crippen LogP contribution is 2.29. The first kappa shape index (κ1) is 14.1. The van der Waals surface area contributed by atoms with Gasteiger partial charge < -0.3 is 10.1 Å². The minimum atomic E-state index is -4.31. The van der Waals surface area contributed by atoms with Crippen molar-refractivity contribution in [1.29, 1.82) is 0 Å². The van der Waals surface area contributed by atoms with Gasteiger partial charge in [0.1, 0.15) is 0 Å². The summed E-state index contributed by atoms with van der Waals surface area (Å²) in [4.78, 5) is 0. The number of anilines is 1. The minimum absolute atomic E-state index is 0.126. The first-order chi connectivity index (χ1) is 7.97. The molecule has 0 radical (unpaired) electrons. The smallest absolute Gasteiger partial charge is 0.383 e. The lowest BCUT2D eigenvalue weighted by atomic mass is 10.2. The van der Waals surface area contributed by atoms with Crippen molar-refractivity contribution in [2.75, 3.05) is 24.9 Å². The third-order valence-corrected chi connectivity index (χ3v) is 2.51. The number of methoxy groups -OCH3 is 1. The van der Waals surface area contributed by atoms with Crippen molar-refractivity contribution in [2.24, 2.45) is 0 Å². The van der Waals surface area contributed by atoms with Gasteiger partial charge in [0.25, 0.3) is 0 Å². The van der Waals surface area contributed by atoms with Crippen LogP contribution in [0.5, 0.6) is 0 Å². The number of hydrogen-bond donors (Lipinski definition) is 1. The number of rotatable bonds is 5. The van der Waals surface area contributed by atoms with Gasteiger partial charge in [0.2, 0.25) is 0 Å². The maximum absolute atomic E-state index is 12.3. The normalized spacial score (nSPS) is 13.5. The molecule has 0 bridgehead atoms. The number of halogens is 4. The summed E-state index contributed by atoms with van der Waals surface area (Å²) < 4.78 is 41.8. The van der Waals surface area contributed by atoms with Crippen LogP contribution >= 0.6 is 11.6 Å². The molecule has 0 aliphatic rings. The predicted molar refractivity (Wildman–Crippen MR) is 61.5 cm³/mol. The van der Waals surface area contributed by atoms with Crippen LogP contribution in [0, 0.1) is 0 Å². The molecule has 0 spiro atoms. The summed E-state index contributed by atoms with van der Waals surface area (Å²) in [5.74, 6) is 0.314. The van der Waals surface area contributed by atoms with Gasteiger partial charge in [0.05, 0.1) is 18.2 Å². The summed E-state index contributed by atoms with van der Waals surface area (Å²) in [6.45, 7) is 0.393. The zero-order valence-corrected chi connectivity index (χ0v) is 9.98. The van der Waals surface area contributed by atoms with Crippen molar-refractivity contribution in [1.82, 2.24) is 0 Å². The molecule has 0 aromatic heterocycles. The highest BCUT2D eigenvalue weighted by molar-refractivity contribution is 6.18. The average molecular weight is 268 g/mol. The Morgan fingerprint density at radius 3 is 2.29 bits per heavy atom. The van der Waals surface area contributed by atoms with E-state index in [0.29, 0.717) is 18.2 Å². The van der Waals surface area contributed by atoms with Gasteiger partial charge in [-0.15, -0.1) is 11.6 Å². The molecule has 1 aromatic rings. The summed E-state index contributed by atoms with van der Waals surface area (Å²) in [6.07, 6.45) is -4.31. The summed E-state index contributed by atoms with van der Waals surface area (Å²) >= 11 is 5.68. The van der Waals surface area contributed by atoms with E-state index in [-0.39, 0.29) is 6.04 Å². The standard InChI is InChI=1S/C11H13ClF3NO/c1-17-7-10(6-12)16-9-4-2-8(3-5-9)11(13,14)15/h2-5,10,16H,6-7H2,1H3. The summed E-state index contributed by atoms with van der Waals surface area (Å²) in [7, 11) is 1.54. The third-order valence-electron chi connectivity index (χ3n) is 2.14. The van der Waals surface area contributed by atoms with Gasteiger partial charge in [-0.1, -0.05) is 0 Å². The molecule has 1 aromatic carbocycles. The van der Waals surface area contributed by atoms with Crippen LogP contribution in [-0.4, -0.2) is 25.6 Å². The second-order valence-corrected chi connectivity index (χ2v) is 3.83. The molecule has 0 aliphatic carbocycles. The van der Waals surface area contributed by atoms with E-state index in [0.717, 1.165) is 12.1 Å². The molecule has 0 heterocycles. The van der Waals surface area contributed by atoms with Crippen molar-refractivity contribution in [3.63, 3.8) is 0 Å². The molecule has 1 rings (SSSR count). The van der Waals surface area contributed by atoms with Gasteiger partial charge in [-0.25, -0.2) is 0 Å². The van der Waals surface area contributed by atoms with Crippen molar-refractivity contribution < 1.29 is 17.9 Å². The molecule has 0 aliphatic heterocycles. The topological polar surface area (TPSA) is 21.3 Å². The number of nitrogens with one attached hydrogen (secondary N) is 1. The Kier molecular flexibility index (Phi) is 5.08. The fourth-order valence-corrected chi connectivity index (χ4v) is 1.48. The highest BCUT2D eigenvalue weighted by atomic mass is 35.5. The Balaban J connectivity index is 2.68. The predicted octanol–water partition coefficient (Wildman–Crippen LogP) is 3.37. The lowest BCUT2D eigenvalue weighted by molar-refractivity contribution is -0.137. The fourth-order valence-electron chi connectivity index (χ4n) is 1.32. The van der Waals surface area contributed by atoms with Crippen LogP contribution in [0.25, 0.3) is 0 Å². The minimum Gasteiger partial charge on any atom is -0.383 e. The van der Waals surface area contributed by atoms with Crippen molar-refractivity contribution >= 4 is 17.3 Å². The highest BCUT2D eigenvalue weighted by Gasteiger charge is 2.29. The molecule has 2 nitrogen and oxygen atoms in total. The maximum Gasteiger partial charge on any atom is 0.416 e. The van der Waals surface area contributed by atoms with Gasteiger partial charge in [-0.2, -0.15) is 13.2 Å². The van der Waals surface area contributed by atoms with Gasteiger partial charge in [-0.3, -0.25) is 0 Å². The van der Waals surface area contributed by atoms with Crippen LogP contribution in [-0.2, 0) is 10.9 Å². The molecule has 1 N–H and O–H groups in total. The van der Waals surface area contributed by atoms with Crippen LogP contribution in [0.2, 0.25) is 0 Å². The van der Waals surface area contributed by atoms with Crippen molar-refractivity contribution in [2.45, 2.75) is 12.2 Å². The maximum atomic E-state index is 12.3. The van der Waals surface area contributed by atoms with E-state index in [4.69, 9.17) is 16.3 Å².